The molecule has 0 aromatic carbocycles. The van der Waals surface area contributed by atoms with E-state index in [0.29, 0.717) is 23.3 Å². The fourth-order valence-electron chi connectivity index (χ4n) is 2.29. The maximum absolute atomic E-state index is 11.4. The smallest absolute Gasteiger partial charge is 0.288 e. The van der Waals surface area contributed by atoms with E-state index in [1.165, 1.54) is 12.3 Å². The van der Waals surface area contributed by atoms with Crippen LogP contribution in [-0.4, -0.2) is 28.4 Å². The highest BCUT2D eigenvalue weighted by Crippen LogP contribution is 2.25. The Morgan fingerprint density at radius 2 is 2.40 bits per heavy atom. The second-order valence-electron chi connectivity index (χ2n) is 4.94. The van der Waals surface area contributed by atoms with E-state index in [0.717, 1.165) is 6.42 Å². The monoisotopic (exact) mass is 342 g/mol. The van der Waals surface area contributed by atoms with Gasteiger partial charge in [-0.1, -0.05) is 0 Å². The lowest BCUT2D eigenvalue weighted by atomic mass is 9.93. The van der Waals surface area contributed by atoms with Gasteiger partial charge >= 0.3 is 0 Å². The average Bonchev–Trinajstić information content (AvgIpc) is 2.36. The van der Waals surface area contributed by atoms with Crippen LogP contribution in [0.5, 0.6) is 0 Å². The first kappa shape index (κ1) is 14.7. The van der Waals surface area contributed by atoms with Crippen molar-refractivity contribution < 1.29 is 9.72 Å². The van der Waals surface area contributed by atoms with Gasteiger partial charge in [-0.2, -0.15) is 0 Å². The lowest BCUT2D eigenvalue weighted by Crippen LogP contribution is -2.42. The predicted molar refractivity (Wildman–Crippen MR) is 77.4 cm³/mol. The zero-order valence-corrected chi connectivity index (χ0v) is 12.5. The Labute approximate surface area is 124 Å². The van der Waals surface area contributed by atoms with Gasteiger partial charge in [0, 0.05) is 25.1 Å². The fraction of sp³-hybridized carbons (Fsp3) is 0.500. The molecule has 0 aliphatic carbocycles. The molecule has 1 aliphatic heterocycles. The summed E-state index contributed by atoms with van der Waals surface area (Å²) in [6, 6.07) is 1.59. The second kappa shape index (κ2) is 6.17. The number of carbonyl (C=O) groups excluding carboxylic acids is 1. The number of piperidine rings is 1. The number of nitro groups is 1. The van der Waals surface area contributed by atoms with Crippen molar-refractivity contribution in [1.29, 1.82) is 0 Å². The Kier molecular flexibility index (Phi) is 4.53. The summed E-state index contributed by atoms with van der Waals surface area (Å²) in [5, 5.41) is 16.6. The number of carbonyl (C=O) groups is 1. The molecule has 0 saturated carbocycles. The summed E-state index contributed by atoms with van der Waals surface area (Å²) >= 11 is 3.26. The number of halogens is 1. The first-order chi connectivity index (χ1) is 9.45. The van der Waals surface area contributed by atoms with Crippen LogP contribution in [0.25, 0.3) is 0 Å². The molecule has 0 radical (unpaired) electrons. The number of rotatable bonds is 4. The van der Waals surface area contributed by atoms with Crippen molar-refractivity contribution in [2.45, 2.75) is 25.8 Å². The van der Waals surface area contributed by atoms with E-state index in [2.05, 4.69) is 31.5 Å². The average molecular weight is 343 g/mol. The Morgan fingerprint density at radius 1 is 1.65 bits per heavy atom. The standard InChI is InChI=1S/C12H15BrN4O3/c1-7-2-8(3-11(18)16-7)5-14-12-10(13)4-9(6-15-12)17(19)20/h4,6-8H,2-3,5H2,1H3,(H,14,15)(H,16,18). The van der Waals surface area contributed by atoms with Crippen LogP contribution in [0.15, 0.2) is 16.7 Å². The molecular weight excluding hydrogens is 328 g/mol. The maximum atomic E-state index is 11.4. The van der Waals surface area contributed by atoms with Gasteiger partial charge in [0.1, 0.15) is 12.0 Å². The summed E-state index contributed by atoms with van der Waals surface area (Å²) < 4.78 is 0.542. The number of nitrogens with one attached hydrogen (secondary N) is 2. The molecular formula is C12H15BrN4O3. The molecule has 1 aromatic rings. The molecule has 108 valence electrons. The molecule has 0 spiro atoms. The number of hydrogen-bond donors (Lipinski definition) is 2. The van der Waals surface area contributed by atoms with Crippen molar-refractivity contribution in [2.24, 2.45) is 5.92 Å². The number of pyridine rings is 1. The molecule has 8 heteroatoms. The number of hydrogen-bond acceptors (Lipinski definition) is 5. The van der Waals surface area contributed by atoms with Gasteiger partial charge in [0.15, 0.2) is 0 Å². The number of nitrogens with zero attached hydrogens (tertiary/aromatic N) is 2. The normalized spacial score (nSPS) is 22.2. The third kappa shape index (κ3) is 3.66. The molecule has 2 N–H and O–H groups in total. The van der Waals surface area contributed by atoms with Crippen LogP contribution in [0.4, 0.5) is 11.5 Å². The number of amides is 1. The summed E-state index contributed by atoms with van der Waals surface area (Å²) in [7, 11) is 0. The van der Waals surface area contributed by atoms with Crippen molar-refractivity contribution in [1.82, 2.24) is 10.3 Å². The van der Waals surface area contributed by atoms with Crippen LogP contribution >= 0.6 is 15.9 Å². The molecule has 1 saturated heterocycles. The van der Waals surface area contributed by atoms with Crippen molar-refractivity contribution in [3.05, 3.63) is 26.9 Å². The molecule has 2 atom stereocenters. The minimum absolute atomic E-state index is 0.0614. The van der Waals surface area contributed by atoms with Gasteiger partial charge in [-0.3, -0.25) is 14.9 Å². The zero-order chi connectivity index (χ0) is 14.7. The Balaban J connectivity index is 1.97. The van der Waals surface area contributed by atoms with Crippen molar-refractivity contribution >= 4 is 33.3 Å². The Hall–Kier alpha value is -1.70. The van der Waals surface area contributed by atoms with E-state index in [4.69, 9.17) is 0 Å². The van der Waals surface area contributed by atoms with Gasteiger partial charge in [0.25, 0.3) is 5.69 Å². The van der Waals surface area contributed by atoms with Crippen molar-refractivity contribution in [2.75, 3.05) is 11.9 Å². The molecule has 2 unspecified atom stereocenters. The summed E-state index contributed by atoms with van der Waals surface area (Å²) in [5.41, 5.74) is -0.0620. The van der Waals surface area contributed by atoms with Crippen molar-refractivity contribution in [3.8, 4) is 0 Å². The summed E-state index contributed by atoms with van der Waals surface area (Å²) in [6.45, 7) is 2.59. The van der Waals surface area contributed by atoms with E-state index in [9.17, 15) is 14.9 Å². The van der Waals surface area contributed by atoms with Crippen LogP contribution in [-0.2, 0) is 4.79 Å². The van der Waals surface area contributed by atoms with Crippen molar-refractivity contribution in [3.63, 3.8) is 0 Å². The van der Waals surface area contributed by atoms with Gasteiger partial charge < -0.3 is 10.6 Å². The summed E-state index contributed by atoms with van der Waals surface area (Å²) in [5.74, 6) is 0.850. The SMILES string of the molecule is CC1CC(CNc2ncc([N+](=O)[O-])cc2Br)CC(=O)N1. The van der Waals surface area contributed by atoms with Crippen LogP contribution in [0.1, 0.15) is 19.8 Å². The third-order valence-electron chi connectivity index (χ3n) is 3.16. The molecule has 20 heavy (non-hydrogen) atoms. The molecule has 1 aromatic heterocycles. The first-order valence-corrected chi connectivity index (χ1v) is 7.08. The molecule has 1 aliphatic rings. The minimum Gasteiger partial charge on any atom is -0.369 e. The fourth-order valence-corrected chi connectivity index (χ4v) is 2.77. The quantitative estimate of drug-likeness (QED) is 0.644. The minimum atomic E-state index is -0.491. The topological polar surface area (TPSA) is 97.2 Å². The second-order valence-corrected chi connectivity index (χ2v) is 5.79. The van der Waals surface area contributed by atoms with E-state index in [1.54, 1.807) is 0 Å². The lowest BCUT2D eigenvalue weighted by Gasteiger charge is -2.27. The molecule has 7 nitrogen and oxygen atoms in total. The first-order valence-electron chi connectivity index (χ1n) is 6.29. The summed E-state index contributed by atoms with van der Waals surface area (Å²) in [6.07, 6.45) is 2.61. The van der Waals surface area contributed by atoms with E-state index >= 15 is 0 Å². The number of anilines is 1. The van der Waals surface area contributed by atoms with E-state index in [-0.39, 0.29) is 23.6 Å². The lowest BCUT2D eigenvalue weighted by molar-refractivity contribution is -0.385. The molecule has 2 heterocycles. The van der Waals surface area contributed by atoms with Gasteiger partial charge in [0.2, 0.25) is 5.91 Å². The van der Waals surface area contributed by atoms with E-state index < -0.39 is 4.92 Å². The number of aromatic nitrogens is 1. The molecule has 0 bridgehead atoms. The van der Waals surface area contributed by atoms with Crippen LogP contribution in [0, 0.1) is 16.0 Å². The third-order valence-corrected chi connectivity index (χ3v) is 3.77. The van der Waals surface area contributed by atoms with Gasteiger partial charge in [-0.15, -0.1) is 0 Å². The zero-order valence-electron chi connectivity index (χ0n) is 10.9. The Morgan fingerprint density at radius 3 is 3.00 bits per heavy atom. The highest BCUT2D eigenvalue weighted by Gasteiger charge is 2.24. The van der Waals surface area contributed by atoms with Crippen LogP contribution in [0.3, 0.4) is 0 Å². The highest BCUT2D eigenvalue weighted by molar-refractivity contribution is 9.10. The molecule has 2 rings (SSSR count). The largest absolute Gasteiger partial charge is 0.369 e. The molecule has 1 amide bonds. The Bertz CT molecular complexity index is 537. The van der Waals surface area contributed by atoms with E-state index in [1.807, 2.05) is 6.92 Å². The molecule has 1 fully saturated rings. The van der Waals surface area contributed by atoms with Crippen LogP contribution in [0.2, 0.25) is 0 Å². The maximum Gasteiger partial charge on any atom is 0.288 e. The highest BCUT2D eigenvalue weighted by atomic mass is 79.9. The van der Waals surface area contributed by atoms with Gasteiger partial charge in [-0.05, 0) is 35.2 Å². The van der Waals surface area contributed by atoms with Crippen LogP contribution < -0.4 is 10.6 Å². The van der Waals surface area contributed by atoms with Gasteiger partial charge in [-0.25, -0.2) is 4.98 Å². The summed E-state index contributed by atoms with van der Waals surface area (Å²) in [4.78, 5) is 25.6. The van der Waals surface area contributed by atoms with Gasteiger partial charge in [0.05, 0.1) is 9.40 Å². The predicted octanol–water partition coefficient (Wildman–Crippen LogP) is 2.08.